The fourth-order valence-corrected chi connectivity index (χ4v) is 2.61. The highest BCUT2D eigenvalue weighted by Gasteiger charge is 2.09. The van der Waals surface area contributed by atoms with E-state index in [2.05, 4.69) is 12.2 Å². The third kappa shape index (κ3) is 6.10. The normalized spacial score (nSPS) is 11.9. The van der Waals surface area contributed by atoms with Gasteiger partial charge in [0.05, 0.1) is 12.0 Å². The van der Waals surface area contributed by atoms with Crippen LogP contribution in [0.1, 0.15) is 36.2 Å². The van der Waals surface area contributed by atoms with Crippen LogP contribution in [0.2, 0.25) is 0 Å². The molecule has 0 aliphatic rings. The van der Waals surface area contributed by atoms with E-state index < -0.39 is 5.97 Å². The number of amides is 1. The van der Waals surface area contributed by atoms with Gasteiger partial charge in [0.2, 0.25) is 5.91 Å². The summed E-state index contributed by atoms with van der Waals surface area (Å²) in [5, 5.41) is 11.8. The maximum atomic E-state index is 11.9. The first-order valence-corrected chi connectivity index (χ1v) is 7.87. The molecule has 0 aromatic heterocycles. The van der Waals surface area contributed by atoms with Gasteiger partial charge in [-0.25, -0.2) is 4.79 Å². The van der Waals surface area contributed by atoms with Gasteiger partial charge in [-0.15, -0.1) is 0 Å². The first kappa shape index (κ1) is 16.6. The Balaban J connectivity index is 2.45. The summed E-state index contributed by atoms with van der Waals surface area (Å²) < 4.78 is 0. The highest BCUT2D eigenvalue weighted by molar-refractivity contribution is 7.99. The third-order valence-corrected chi connectivity index (χ3v) is 3.78. The van der Waals surface area contributed by atoms with Crippen LogP contribution in [0.4, 0.5) is 0 Å². The predicted molar refractivity (Wildman–Crippen MR) is 82.3 cm³/mol. The summed E-state index contributed by atoms with van der Waals surface area (Å²) in [5.41, 5.74) is 0.931. The van der Waals surface area contributed by atoms with Crippen molar-refractivity contribution in [3.8, 4) is 0 Å². The molecule has 1 atom stereocenters. The summed E-state index contributed by atoms with van der Waals surface area (Å²) >= 11 is 1.86. The van der Waals surface area contributed by atoms with E-state index in [1.54, 1.807) is 18.2 Å². The van der Waals surface area contributed by atoms with E-state index in [1.807, 2.05) is 18.7 Å². The molecule has 1 aromatic rings. The Morgan fingerprint density at radius 2 is 2.15 bits per heavy atom. The molecule has 110 valence electrons. The van der Waals surface area contributed by atoms with Crippen molar-refractivity contribution >= 4 is 23.6 Å². The van der Waals surface area contributed by atoms with Crippen molar-refractivity contribution in [2.45, 2.75) is 32.7 Å². The minimum absolute atomic E-state index is 0.0680. The molecule has 2 N–H and O–H groups in total. The predicted octanol–water partition coefficient (Wildman–Crippen LogP) is 2.58. The molecule has 0 saturated carbocycles. The number of nitrogens with one attached hydrogen (secondary N) is 1. The van der Waals surface area contributed by atoms with Crippen molar-refractivity contribution in [2.24, 2.45) is 0 Å². The molecule has 0 aliphatic heterocycles. The second-order valence-corrected chi connectivity index (χ2v) is 6.03. The Kier molecular flexibility index (Phi) is 7.15. The molecule has 1 unspecified atom stereocenters. The molecule has 4 nitrogen and oxygen atoms in total. The Morgan fingerprint density at radius 1 is 1.40 bits per heavy atom. The Morgan fingerprint density at radius 3 is 2.80 bits per heavy atom. The van der Waals surface area contributed by atoms with Crippen LogP contribution in [-0.2, 0) is 11.2 Å². The monoisotopic (exact) mass is 295 g/mol. The number of rotatable bonds is 8. The molecular weight excluding hydrogens is 274 g/mol. The van der Waals surface area contributed by atoms with Gasteiger partial charge in [0.15, 0.2) is 0 Å². The van der Waals surface area contributed by atoms with Gasteiger partial charge in [0.25, 0.3) is 0 Å². The second kappa shape index (κ2) is 8.64. The molecule has 1 aromatic carbocycles. The van der Waals surface area contributed by atoms with Crippen LogP contribution < -0.4 is 5.32 Å². The van der Waals surface area contributed by atoms with Gasteiger partial charge in [0, 0.05) is 6.04 Å². The van der Waals surface area contributed by atoms with Crippen LogP contribution >= 0.6 is 11.8 Å². The van der Waals surface area contributed by atoms with Crippen molar-refractivity contribution in [3.05, 3.63) is 35.4 Å². The van der Waals surface area contributed by atoms with Crippen molar-refractivity contribution in [2.75, 3.05) is 11.5 Å². The largest absolute Gasteiger partial charge is 0.478 e. The number of hydrogen-bond acceptors (Lipinski definition) is 3. The lowest BCUT2D eigenvalue weighted by molar-refractivity contribution is -0.121. The van der Waals surface area contributed by atoms with Crippen LogP contribution in [0.5, 0.6) is 0 Å². The van der Waals surface area contributed by atoms with Crippen molar-refractivity contribution < 1.29 is 14.7 Å². The first-order valence-electron chi connectivity index (χ1n) is 6.72. The zero-order chi connectivity index (χ0) is 15.0. The highest BCUT2D eigenvalue weighted by Crippen LogP contribution is 2.07. The molecule has 0 spiro atoms. The topological polar surface area (TPSA) is 66.4 Å². The van der Waals surface area contributed by atoms with Crippen molar-refractivity contribution in [3.63, 3.8) is 0 Å². The number of hydrogen-bond donors (Lipinski definition) is 2. The zero-order valence-corrected chi connectivity index (χ0v) is 12.7. The molecule has 0 aliphatic carbocycles. The van der Waals surface area contributed by atoms with Gasteiger partial charge in [0.1, 0.15) is 0 Å². The quantitative estimate of drug-likeness (QED) is 0.723. The van der Waals surface area contributed by atoms with E-state index >= 15 is 0 Å². The fourth-order valence-electron chi connectivity index (χ4n) is 1.80. The number of carbonyl (C=O) groups is 2. The molecule has 0 saturated heterocycles. The van der Waals surface area contributed by atoms with Gasteiger partial charge in [-0.1, -0.05) is 19.1 Å². The molecule has 5 heteroatoms. The summed E-state index contributed by atoms with van der Waals surface area (Å²) in [6, 6.07) is 6.63. The fraction of sp³-hybridized carbons (Fsp3) is 0.467. The Hall–Kier alpha value is -1.49. The van der Waals surface area contributed by atoms with E-state index in [9.17, 15) is 9.59 Å². The lowest BCUT2D eigenvalue weighted by atomic mass is 10.1. The average Bonchev–Trinajstić information content (AvgIpc) is 2.39. The molecule has 0 heterocycles. The lowest BCUT2D eigenvalue weighted by Gasteiger charge is -2.13. The maximum absolute atomic E-state index is 11.9. The summed E-state index contributed by atoms with van der Waals surface area (Å²) in [6.07, 6.45) is 1.16. The van der Waals surface area contributed by atoms with E-state index in [0.29, 0.717) is 0 Å². The van der Waals surface area contributed by atoms with Gasteiger partial charge < -0.3 is 10.4 Å². The number of benzene rings is 1. The minimum Gasteiger partial charge on any atom is -0.478 e. The molecule has 20 heavy (non-hydrogen) atoms. The van der Waals surface area contributed by atoms with Crippen LogP contribution in [-0.4, -0.2) is 34.5 Å². The van der Waals surface area contributed by atoms with Crippen molar-refractivity contribution in [1.29, 1.82) is 0 Å². The highest BCUT2D eigenvalue weighted by atomic mass is 32.2. The van der Waals surface area contributed by atoms with E-state index in [4.69, 9.17) is 5.11 Å². The molecule has 0 fully saturated rings. The average molecular weight is 295 g/mol. The summed E-state index contributed by atoms with van der Waals surface area (Å²) in [4.78, 5) is 22.7. The number of aromatic carboxylic acids is 1. The molecule has 0 radical (unpaired) electrons. The SMILES string of the molecule is CCSCCC(C)NC(=O)Cc1cccc(C(=O)O)c1. The van der Waals surface area contributed by atoms with E-state index in [-0.39, 0.29) is 23.9 Å². The van der Waals surface area contributed by atoms with Gasteiger partial charge in [-0.3, -0.25) is 4.79 Å². The van der Waals surface area contributed by atoms with Crippen LogP contribution in [0.25, 0.3) is 0 Å². The molecule has 1 rings (SSSR count). The van der Waals surface area contributed by atoms with Gasteiger partial charge in [-0.05, 0) is 42.5 Å². The van der Waals surface area contributed by atoms with Gasteiger partial charge in [-0.2, -0.15) is 11.8 Å². The number of thioether (sulfide) groups is 1. The summed E-state index contributed by atoms with van der Waals surface area (Å²) in [5.74, 6) is 1.08. The first-order chi connectivity index (χ1) is 9.52. The molecule has 0 bridgehead atoms. The number of carboxylic acid groups (broad SMARTS) is 1. The molecule has 1 amide bonds. The smallest absolute Gasteiger partial charge is 0.335 e. The molecular formula is C15H21NO3S. The number of carboxylic acids is 1. The van der Waals surface area contributed by atoms with E-state index in [1.165, 1.54) is 6.07 Å². The van der Waals surface area contributed by atoms with E-state index in [0.717, 1.165) is 23.5 Å². The lowest BCUT2D eigenvalue weighted by Crippen LogP contribution is -2.34. The summed E-state index contributed by atoms with van der Waals surface area (Å²) in [7, 11) is 0. The standard InChI is InChI=1S/C15H21NO3S/c1-3-20-8-7-11(2)16-14(17)10-12-5-4-6-13(9-12)15(18)19/h4-6,9,11H,3,7-8,10H2,1-2H3,(H,16,17)(H,18,19). The third-order valence-electron chi connectivity index (χ3n) is 2.85. The number of carbonyl (C=O) groups excluding carboxylic acids is 1. The zero-order valence-electron chi connectivity index (χ0n) is 11.9. The van der Waals surface area contributed by atoms with Crippen LogP contribution in [0.15, 0.2) is 24.3 Å². The van der Waals surface area contributed by atoms with Crippen molar-refractivity contribution in [1.82, 2.24) is 5.32 Å². The maximum Gasteiger partial charge on any atom is 0.335 e. The van der Waals surface area contributed by atoms with Crippen LogP contribution in [0.3, 0.4) is 0 Å². The second-order valence-electron chi connectivity index (χ2n) is 4.64. The summed E-state index contributed by atoms with van der Waals surface area (Å²) in [6.45, 7) is 4.10. The van der Waals surface area contributed by atoms with Crippen LogP contribution in [0, 0.1) is 0 Å². The van der Waals surface area contributed by atoms with Gasteiger partial charge >= 0.3 is 5.97 Å². The Bertz CT molecular complexity index is 462. The Labute approximate surface area is 124 Å². The minimum atomic E-state index is -0.975.